The molecule has 0 bridgehead atoms. The molecule has 0 saturated heterocycles. The van der Waals surface area contributed by atoms with Crippen LogP contribution in [-0.2, 0) is 11.2 Å². The van der Waals surface area contributed by atoms with Crippen molar-refractivity contribution in [3.8, 4) is 0 Å². The molecule has 0 radical (unpaired) electrons. The fourth-order valence-corrected chi connectivity index (χ4v) is 2.14. The highest BCUT2D eigenvalue weighted by molar-refractivity contribution is 5.81. The van der Waals surface area contributed by atoms with Gasteiger partial charge in [-0.3, -0.25) is 4.79 Å². The minimum Gasteiger partial charge on any atom is -0.353 e. The molecule has 1 aliphatic rings. The summed E-state index contributed by atoms with van der Waals surface area (Å²) in [5, 5.41) is 3.10. The number of hydrogen-bond donors (Lipinski definition) is 1. The van der Waals surface area contributed by atoms with Crippen molar-refractivity contribution < 1.29 is 4.79 Å². The Morgan fingerprint density at radius 3 is 2.65 bits per heavy atom. The molecule has 1 aromatic rings. The number of carbonyl (C=O) groups excluding carboxylic acids is 1. The first-order valence-corrected chi connectivity index (χ1v) is 6.51. The monoisotopic (exact) mass is 231 g/mol. The van der Waals surface area contributed by atoms with Crippen LogP contribution in [0.5, 0.6) is 0 Å². The minimum atomic E-state index is 0.248. The Bertz CT molecular complexity index is 374. The van der Waals surface area contributed by atoms with E-state index in [9.17, 15) is 4.79 Å². The zero-order valence-electron chi connectivity index (χ0n) is 10.6. The molecule has 1 amide bonds. The van der Waals surface area contributed by atoms with E-state index in [2.05, 4.69) is 43.4 Å². The average Bonchev–Trinajstić information content (AvgIpc) is 3.05. The zero-order chi connectivity index (χ0) is 12.3. The Labute approximate surface area is 103 Å². The van der Waals surface area contributed by atoms with Crippen LogP contribution < -0.4 is 5.32 Å². The van der Waals surface area contributed by atoms with Crippen LogP contribution in [0.3, 0.4) is 0 Å². The van der Waals surface area contributed by atoms with Gasteiger partial charge in [0.25, 0.3) is 0 Å². The van der Waals surface area contributed by atoms with E-state index in [-0.39, 0.29) is 17.9 Å². The molecule has 2 rings (SSSR count). The first kappa shape index (κ1) is 12.2. The number of amides is 1. The number of aryl methyl sites for hydroxylation is 1. The first-order chi connectivity index (χ1) is 8.16. The van der Waals surface area contributed by atoms with Gasteiger partial charge >= 0.3 is 0 Å². The Morgan fingerprint density at radius 2 is 2.06 bits per heavy atom. The van der Waals surface area contributed by atoms with Crippen LogP contribution in [0.15, 0.2) is 30.3 Å². The van der Waals surface area contributed by atoms with Crippen molar-refractivity contribution in [1.29, 1.82) is 0 Å². The first-order valence-electron chi connectivity index (χ1n) is 6.51. The molecule has 2 heteroatoms. The molecule has 1 saturated carbocycles. The second-order valence-corrected chi connectivity index (χ2v) is 5.25. The molecule has 92 valence electrons. The Morgan fingerprint density at radius 1 is 1.41 bits per heavy atom. The van der Waals surface area contributed by atoms with Crippen LogP contribution in [-0.4, -0.2) is 11.9 Å². The van der Waals surface area contributed by atoms with Crippen molar-refractivity contribution in [2.75, 3.05) is 0 Å². The van der Waals surface area contributed by atoms with Crippen LogP contribution in [0.25, 0.3) is 0 Å². The Kier molecular flexibility index (Phi) is 3.82. The number of hydrogen-bond acceptors (Lipinski definition) is 1. The lowest BCUT2D eigenvalue weighted by molar-refractivity contribution is -0.123. The van der Waals surface area contributed by atoms with E-state index >= 15 is 0 Å². The summed E-state index contributed by atoms with van der Waals surface area (Å²) in [5.74, 6) is 1.13. The topological polar surface area (TPSA) is 29.1 Å². The molecule has 1 N–H and O–H groups in total. The molecule has 0 aliphatic heterocycles. The van der Waals surface area contributed by atoms with Gasteiger partial charge in [-0.15, -0.1) is 0 Å². The number of benzene rings is 1. The molecule has 0 aromatic heterocycles. The number of nitrogens with one attached hydrogen (secondary N) is 1. The summed E-state index contributed by atoms with van der Waals surface area (Å²) in [5.41, 5.74) is 1.34. The van der Waals surface area contributed by atoms with Crippen LogP contribution in [0.2, 0.25) is 0 Å². The predicted molar refractivity (Wildman–Crippen MR) is 69.6 cm³/mol. The quantitative estimate of drug-likeness (QED) is 0.829. The maximum Gasteiger partial charge on any atom is 0.223 e. The van der Waals surface area contributed by atoms with Crippen molar-refractivity contribution >= 4 is 5.91 Å². The third kappa shape index (κ3) is 3.58. The van der Waals surface area contributed by atoms with E-state index in [0.29, 0.717) is 5.92 Å². The Balaban J connectivity index is 1.71. The lowest BCUT2D eigenvalue weighted by Gasteiger charge is -2.13. The van der Waals surface area contributed by atoms with Crippen molar-refractivity contribution in [2.45, 2.75) is 39.2 Å². The summed E-state index contributed by atoms with van der Waals surface area (Å²) in [6.45, 7) is 4.23. The SMILES string of the molecule is C[C@H](CCc1ccccc1)NC(=O)[C@@H]1C[C@H]1C. The maximum atomic E-state index is 11.7. The summed E-state index contributed by atoms with van der Waals surface area (Å²) in [4.78, 5) is 11.7. The molecule has 0 heterocycles. The molecular weight excluding hydrogens is 210 g/mol. The highest BCUT2D eigenvalue weighted by Crippen LogP contribution is 2.37. The normalized spacial score (nSPS) is 24.1. The standard InChI is InChI=1S/C15H21NO/c1-11-10-14(11)15(17)16-12(2)8-9-13-6-4-3-5-7-13/h3-7,11-12,14H,8-10H2,1-2H3,(H,16,17)/t11-,12-,14-/m1/s1. The van der Waals surface area contributed by atoms with E-state index in [1.165, 1.54) is 5.56 Å². The summed E-state index contributed by atoms with van der Waals surface area (Å²) in [6.07, 6.45) is 3.11. The van der Waals surface area contributed by atoms with E-state index in [4.69, 9.17) is 0 Å². The highest BCUT2D eigenvalue weighted by Gasteiger charge is 2.39. The van der Waals surface area contributed by atoms with E-state index in [1.54, 1.807) is 0 Å². The number of carbonyl (C=O) groups is 1. The van der Waals surface area contributed by atoms with Crippen molar-refractivity contribution in [3.05, 3.63) is 35.9 Å². The molecule has 17 heavy (non-hydrogen) atoms. The molecular formula is C15H21NO. The summed E-state index contributed by atoms with van der Waals surface area (Å²) in [6, 6.07) is 10.7. The predicted octanol–water partition coefficient (Wildman–Crippen LogP) is 2.78. The molecule has 1 fully saturated rings. The lowest BCUT2D eigenvalue weighted by Crippen LogP contribution is -2.34. The highest BCUT2D eigenvalue weighted by atomic mass is 16.2. The van der Waals surface area contributed by atoms with Crippen molar-refractivity contribution in [2.24, 2.45) is 11.8 Å². The molecule has 2 nitrogen and oxygen atoms in total. The molecule has 0 spiro atoms. The smallest absolute Gasteiger partial charge is 0.223 e. The van der Waals surface area contributed by atoms with Gasteiger partial charge in [0.15, 0.2) is 0 Å². The molecule has 3 atom stereocenters. The summed E-state index contributed by atoms with van der Waals surface area (Å²) >= 11 is 0. The van der Waals surface area contributed by atoms with Crippen molar-refractivity contribution in [1.82, 2.24) is 5.32 Å². The van der Waals surface area contributed by atoms with Crippen molar-refractivity contribution in [3.63, 3.8) is 0 Å². The Hall–Kier alpha value is -1.31. The van der Waals surface area contributed by atoms with Gasteiger partial charge < -0.3 is 5.32 Å². The van der Waals surface area contributed by atoms with Gasteiger partial charge in [0, 0.05) is 12.0 Å². The van der Waals surface area contributed by atoms with Gasteiger partial charge in [-0.25, -0.2) is 0 Å². The second kappa shape index (κ2) is 5.35. The third-order valence-electron chi connectivity index (χ3n) is 3.54. The van der Waals surface area contributed by atoms with Crippen LogP contribution >= 0.6 is 0 Å². The van der Waals surface area contributed by atoms with Gasteiger partial charge in [0.05, 0.1) is 0 Å². The van der Waals surface area contributed by atoms with Crippen LogP contribution in [0.1, 0.15) is 32.3 Å². The average molecular weight is 231 g/mol. The van der Waals surface area contributed by atoms with Gasteiger partial charge in [-0.1, -0.05) is 37.3 Å². The maximum absolute atomic E-state index is 11.7. The summed E-state index contributed by atoms with van der Waals surface area (Å²) in [7, 11) is 0. The van der Waals surface area contributed by atoms with Crippen LogP contribution in [0, 0.1) is 11.8 Å². The van der Waals surface area contributed by atoms with Gasteiger partial charge in [-0.2, -0.15) is 0 Å². The second-order valence-electron chi connectivity index (χ2n) is 5.25. The van der Waals surface area contributed by atoms with Gasteiger partial charge in [-0.05, 0) is 37.7 Å². The van der Waals surface area contributed by atoms with Gasteiger partial charge in [0.2, 0.25) is 5.91 Å². The summed E-state index contributed by atoms with van der Waals surface area (Å²) < 4.78 is 0. The number of rotatable bonds is 5. The van der Waals surface area contributed by atoms with E-state index in [1.807, 2.05) is 6.07 Å². The molecule has 1 aliphatic carbocycles. The van der Waals surface area contributed by atoms with Gasteiger partial charge in [0.1, 0.15) is 0 Å². The van der Waals surface area contributed by atoms with E-state index < -0.39 is 0 Å². The minimum absolute atomic E-state index is 0.248. The third-order valence-corrected chi connectivity index (χ3v) is 3.54. The van der Waals surface area contributed by atoms with E-state index in [0.717, 1.165) is 19.3 Å². The molecule has 0 unspecified atom stereocenters. The fourth-order valence-electron chi connectivity index (χ4n) is 2.14. The fraction of sp³-hybridized carbons (Fsp3) is 0.533. The lowest BCUT2D eigenvalue weighted by atomic mass is 10.1. The zero-order valence-corrected chi connectivity index (χ0v) is 10.6. The largest absolute Gasteiger partial charge is 0.353 e. The van der Waals surface area contributed by atoms with Crippen LogP contribution in [0.4, 0.5) is 0 Å². The molecule has 1 aromatic carbocycles.